The van der Waals surface area contributed by atoms with Gasteiger partial charge in [-0.25, -0.2) is 0 Å². The molecule has 0 bridgehead atoms. The van der Waals surface area contributed by atoms with Crippen molar-refractivity contribution in [2.24, 2.45) is 0 Å². The van der Waals surface area contributed by atoms with Crippen LogP contribution < -0.4 is 4.74 Å². The van der Waals surface area contributed by atoms with Crippen LogP contribution in [0.3, 0.4) is 0 Å². The Labute approximate surface area is 133 Å². The molecule has 0 radical (unpaired) electrons. The number of fused-ring (bicyclic) bond motifs is 2. The van der Waals surface area contributed by atoms with E-state index in [2.05, 4.69) is 43.1 Å². The van der Waals surface area contributed by atoms with Crippen LogP contribution in [0.1, 0.15) is 25.0 Å². The topological polar surface area (TPSA) is 39.9 Å². The number of ether oxygens (including phenoxy) is 1. The van der Waals surface area contributed by atoms with Crippen molar-refractivity contribution in [2.75, 3.05) is 6.61 Å². The summed E-state index contributed by atoms with van der Waals surface area (Å²) in [7, 11) is 0. The van der Waals surface area contributed by atoms with Crippen molar-refractivity contribution in [1.29, 1.82) is 0 Å². The Balaban J connectivity index is 1.95. The SMILES string of the molecule is Cc1cc(-n2nc3ccc(Cl)cc3n2)c2c(c1)C(C)(C)CO2. The molecule has 0 saturated heterocycles. The highest BCUT2D eigenvalue weighted by Crippen LogP contribution is 2.42. The van der Waals surface area contributed by atoms with E-state index in [-0.39, 0.29) is 5.41 Å². The highest BCUT2D eigenvalue weighted by atomic mass is 35.5. The van der Waals surface area contributed by atoms with Crippen molar-refractivity contribution in [3.8, 4) is 11.4 Å². The molecule has 0 saturated carbocycles. The van der Waals surface area contributed by atoms with E-state index in [4.69, 9.17) is 16.3 Å². The van der Waals surface area contributed by atoms with Crippen LogP contribution in [0.5, 0.6) is 5.75 Å². The van der Waals surface area contributed by atoms with Crippen molar-refractivity contribution >= 4 is 22.6 Å². The summed E-state index contributed by atoms with van der Waals surface area (Å²) < 4.78 is 5.95. The number of aromatic nitrogens is 3. The number of hydrogen-bond acceptors (Lipinski definition) is 3. The molecule has 4 rings (SSSR count). The van der Waals surface area contributed by atoms with Crippen molar-refractivity contribution in [3.63, 3.8) is 0 Å². The maximum absolute atomic E-state index is 6.03. The Morgan fingerprint density at radius 2 is 1.91 bits per heavy atom. The Morgan fingerprint density at radius 3 is 2.73 bits per heavy atom. The first-order chi connectivity index (χ1) is 10.4. The van der Waals surface area contributed by atoms with E-state index < -0.39 is 0 Å². The van der Waals surface area contributed by atoms with Crippen LogP contribution in [0.25, 0.3) is 16.7 Å². The zero-order valence-electron chi connectivity index (χ0n) is 12.7. The summed E-state index contributed by atoms with van der Waals surface area (Å²) in [5.41, 5.74) is 4.87. The normalized spacial score (nSPS) is 15.8. The van der Waals surface area contributed by atoms with Crippen molar-refractivity contribution in [1.82, 2.24) is 15.0 Å². The average molecular weight is 314 g/mol. The fourth-order valence-electron chi connectivity index (χ4n) is 2.88. The van der Waals surface area contributed by atoms with Crippen LogP contribution >= 0.6 is 11.6 Å². The largest absolute Gasteiger partial charge is 0.490 e. The third-order valence-corrected chi connectivity index (χ3v) is 4.31. The molecular formula is C17H16ClN3O. The van der Waals surface area contributed by atoms with Crippen LogP contribution in [0.2, 0.25) is 5.02 Å². The van der Waals surface area contributed by atoms with Gasteiger partial charge in [-0.3, -0.25) is 0 Å². The molecule has 2 aromatic carbocycles. The molecule has 0 fully saturated rings. The van der Waals surface area contributed by atoms with Gasteiger partial charge in [-0.1, -0.05) is 31.5 Å². The van der Waals surface area contributed by atoms with Gasteiger partial charge in [0.2, 0.25) is 0 Å². The van der Waals surface area contributed by atoms with E-state index in [1.165, 1.54) is 11.1 Å². The maximum Gasteiger partial charge on any atom is 0.150 e. The lowest BCUT2D eigenvalue weighted by atomic mass is 9.86. The van der Waals surface area contributed by atoms with Gasteiger partial charge in [0.05, 0.1) is 6.61 Å². The third-order valence-electron chi connectivity index (χ3n) is 4.08. The van der Waals surface area contributed by atoms with Crippen LogP contribution in [0.15, 0.2) is 30.3 Å². The van der Waals surface area contributed by atoms with Crippen LogP contribution in [-0.2, 0) is 5.41 Å². The second-order valence-corrected chi connectivity index (χ2v) is 6.89. The minimum absolute atomic E-state index is 0.00594. The molecule has 0 spiro atoms. The first kappa shape index (κ1) is 13.6. The summed E-state index contributed by atoms with van der Waals surface area (Å²) in [5.74, 6) is 0.877. The Morgan fingerprint density at radius 1 is 1.14 bits per heavy atom. The molecule has 1 aliphatic heterocycles. The molecular weight excluding hydrogens is 298 g/mol. The minimum atomic E-state index is 0.00594. The van der Waals surface area contributed by atoms with E-state index in [1.807, 2.05) is 18.2 Å². The Kier molecular flexibility index (Phi) is 2.76. The highest BCUT2D eigenvalue weighted by Gasteiger charge is 2.34. The molecule has 5 heteroatoms. The minimum Gasteiger partial charge on any atom is -0.490 e. The van der Waals surface area contributed by atoms with Gasteiger partial charge in [0.25, 0.3) is 0 Å². The molecule has 22 heavy (non-hydrogen) atoms. The van der Waals surface area contributed by atoms with Crippen molar-refractivity contribution in [3.05, 3.63) is 46.5 Å². The smallest absolute Gasteiger partial charge is 0.150 e. The molecule has 0 unspecified atom stereocenters. The lowest BCUT2D eigenvalue weighted by molar-refractivity contribution is 0.290. The van der Waals surface area contributed by atoms with Crippen LogP contribution in [-0.4, -0.2) is 21.6 Å². The monoisotopic (exact) mass is 313 g/mol. The predicted molar refractivity (Wildman–Crippen MR) is 87.1 cm³/mol. The fraction of sp³-hybridized carbons (Fsp3) is 0.294. The molecule has 0 amide bonds. The summed E-state index contributed by atoms with van der Waals surface area (Å²) in [6.45, 7) is 7.13. The first-order valence-corrected chi connectivity index (χ1v) is 7.63. The van der Waals surface area contributed by atoms with Crippen molar-refractivity contribution < 1.29 is 4.74 Å². The molecule has 1 aromatic heterocycles. The number of hydrogen-bond donors (Lipinski definition) is 0. The molecule has 1 aliphatic rings. The lowest BCUT2D eigenvalue weighted by Gasteiger charge is -2.16. The summed E-state index contributed by atoms with van der Waals surface area (Å²) in [6.07, 6.45) is 0. The average Bonchev–Trinajstić information content (AvgIpc) is 2.99. The van der Waals surface area contributed by atoms with Gasteiger partial charge < -0.3 is 4.74 Å². The fourth-order valence-corrected chi connectivity index (χ4v) is 3.05. The predicted octanol–water partition coefficient (Wildman–Crippen LogP) is 4.05. The van der Waals surface area contributed by atoms with E-state index in [9.17, 15) is 0 Å². The molecule has 0 atom stereocenters. The highest BCUT2D eigenvalue weighted by molar-refractivity contribution is 6.31. The third kappa shape index (κ3) is 1.98. The van der Waals surface area contributed by atoms with Gasteiger partial charge >= 0.3 is 0 Å². The Bertz CT molecular complexity index is 898. The number of aryl methyl sites for hydroxylation is 1. The van der Waals surface area contributed by atoms with Gasteiger partial charge in [-0.05, 0) is 36.8 Å². The van der Waals surface area contributed by atoms with E-state index >= 15 is 0 Å². The van der Waals surface area contributed by atoms with Gasteiger partial charge in [0, 0.05) is 16.0 Å². The molecule has 112 valence electrons. The maximum atomic E-state index is 6.03. The van der Waals surface area contributed by atoms with Crippen LogP contribution in [0, 0.1) is 6.92 Å². The zero-order chi connectivity index (χ0) is 15.5. The molecule has 2 heterocycles. The molecule has 0 N–H and O–H groups in total. The second-order valence-electron chi connectivity index (χ2n) is 6.46. The van der Waals surface area contributed by atoms with Gasteiger partial charge in [0.15, 0.2) is 5.75 Å². The van der Waals surface area contributed by atoms with Gasteiger partial charge in [0.1, 0.15) is 16.7 Å². The van der Waals surface area contributed by atoms with E-state index in [1.54, 1.807) is 4.80 Å². The molecule has 3 aromatic rings. The second kappa shape index (κ2) is 4.46. The molecule has 4 nitrogen and oxygen atoms in total. The Hall–Kier alpha value is -2.07. The quantitative estimate of drug-likeness (QED) is 0.680. The van der Waals surface area contributed by atoms with E-state index in [0.29, 0.717) is 11.6 Å². The van der Waals surface area contributed by atoms with Gasteiger partial charge in [-0.15, -0.1) is 15.0 Å². The summed E-state index contributed by atoms with van der Waals surface area (Å²) in [6, 6.07) is 9.76. The zero-order valence-corrected chi connectivity index (χ0v) is 13.5. The van der Waals surface area contributed by atoms with E-state index in [0.717, 1.165) is 22.5 Å². The van der Waals surface area contributed by atoms with Crippen LogP contribution in [0.4, 0.5) is 0 Å². The van der Waals surface area contributed by atoms with Gasteiger partial charge in [-0.2, -0.15) is 0 Å². The standard InChI is InChI=1S/C17H16ClN3O/c1-10-6-12-16(22-9-17(12,2)3)15(7-10)21-19-13-5-4-11(18)8-14(13)20-21/h4-8H,9H2,1-3H3. The number of nitrogens with zero attached hydrogens (tertiary/aromatic N) is 3. The lowest BCUT2D eigenvalue weighted by Crippen LogP contribution is -2.18. The number of halogens is 1. The van der Waals surface area contributed by atoms with Crippen molar-refractivity contribution in [2.45, 2.75) is 26.2 Å². The number of rotatable bonds is 1. The first-order valence-electron chi connectivity index (χ1n) is 7.25. The summed E-state index contributed by atoms with van der Waals surface area (Å²) >= 11 is 6.03. The number of benzene rings is 2. The molecule has 0 aliphatic carbocycles. The summed E-state index contributed by atoms with van der Waals surface area (Å²) in [4.78, 5) is 1.65. The summed E-state index contributed by atoms with van der Waals surface area (Å²) in [5, 5.41) is 9.77.